The van der Waals surface area contributed by atoms with Crippen LogP contribution in [0.15, 0.2) is 30.9 Å². The molecule has 2 aromatic heterocycles. The van der Waals surface area contributed by atoms with Crippen molar-refractivity contribution >= 4 is 22.6 Å². The summed E-state index contributed by atoms with van der Waals surface area (Å²) >= 11 is 6.38. The molecule has 0 amide bonds. The lowest BCUT2D eigenvalue weighted by molar-refractivity contribution is 0.0909. The summed E-state index contributed by atoms with van der Waals surface area (Å²) in [6, 6.07) is 4.12. The number of fused-ring (bicyclic) bond motifs is 1. The summed E-state index contributed by atoms with van der Waals surface area (Å²) in [6.07, 6.45) is 9.55. The average Bonchev–Trinajstić information content (AvgIpc) is 3.29. The zero-order valence-corrected chi connectivity index (χ0v) is 17.9. The minimum Gasteiger partial charge on any atom is -0.392 e. The first-order valence-corrected chi connectivity index (χ1v) is 11.0. The van der Waals surface area contributed by atoms with E-state index >= 15 is 0 Å². The first-order chi connectivity index (χ1) is 14.0. The Bertz CT molecular complexity index is 963. The number of piperidine rings is 1. The number of hydrogen-bond acceptors (Lipinski definition) is 4. The van der Waals surface area contributed by atoms with E-state index in [1.54, 1.807) is 0 Å². The highest BCUT2D eigenvalue weighted by Gasteiger charge is 2.22. The Hall–Kier alpha value is -1.89. The van der Waals surface area contributed by atoms with Crippen LogP contribution in [0, 0.1) is 5.92 Å². The van der Waals surface area contributed by atoms with E-state index in [1.807, 2.05) is 29.3 Å². The van der Waals surface area contributed by atoms with E-state index in [-0.39, 0.29) is 12.1 Å². The summed E-state index contributed by atoms with van der Waals surface area (Å²) in [5, 5.41) is 18.8. The van der Waals surface area contributed by atoms with Crippen LogP contribution in [0.5, 0.6) is 0 Å². The molecule has 3 aromatic rings. The molecular weight excluding hydrogens is 386 g/mol. The highest BCUT2D eigenvalue weighted by atomic mass is 35.5. The summed E-state index contributed by atoms with van der Waals surface area (Å²) in [5.41, 5.74) is 4.12. The third-order valence-electron chi connectivity index (χ3n) is 5.64. The topological polar surface area (TPSA) is 67.9 Å². The van der Waals surface area contributed by atoms with Crippen LogP contribution >= 0.6 is 11.6 Å². The van der Waals surface area contributed by atoms with E-state index in [2.05, 4.69) is 40.0 Å². The fourth-order valence-electron chi connectivity index (χ4n) is 4.25. The van der Waals surface area contributed by atoms with Crippen molar-refractivity contribution in [3.05, 3.63) is 35.9 Å². The molecule has 6 nitrogen and oxygen atoms in total. The van der Waals surface area contributed by atoms with E-state index < -0.39 is 0 Å². The van der Waals surface area contributed by atoms with E-state index in [0.717, 1.165) is 67.5 Å². The smallest absolute Gasteiger partial charge is 0.0958 e. The maximum absolute atomic E-state index is 10.2. The second-order valence-corrected chi connectivity index (χ2v) is 8.95. The van der Waals surface area contributed by atoms with Crippen molar-refractivity contribution in [2.24, 2.45) is 5.92 Å². The summed E-state index contributed by atoms with van der Waals surface area (Å²) in [5.74, 6) is 0.538. The third kappa shape index (κ3) is 4.65. The van der Waals surface area contributed by atoms with Crippen LogP contribution in [0.1, 0.15) is 39.5 Å². The van der Waals surface area contributed by atoms with Gasteiger partial charge >= 0.3 is 0 Å². The lowest BCUT2D eigenvalue weighted by Crippen LogP contribution is -2.44. The van der Waals surface area contributed by atoms with Crippen molar-refractivity contribution in [3.63, 3.8) is 0 Å². The van der Waals surface area contributed by atoms with Gasteiger partial charge in [-0.2, -0.15) is 5.10 Å². The summed E-state index contributed by atoms with van der Waals surface area (Å²) in [4.78, 5) is 4.59. The maximum atomic E-state index is 10.2. The second-order valence-electron chi connectivity index (χ2n) is 8.52. The van der Waals surface area contributed by atoms with Crippen molar-refractivity contribution in [2.45, 2.75) is 64.8 Å². The Morgan fingerprint density at radius 1 is 1.34 bits per heavy atom. The molecule has 2 N–H and O–H groups in total. The number of aromatic nitrogens is 4. The molecule has 1 aliphatic heterocycles. The number of benzene rings is 1. The highest BCUT2D eigenvalue weighted by Crippen LogP contribution is 2.32. The summed E-state index contributed by atoms with van der Waals surface area (Å²) in [7, 11) is 0. The Balaban J connectivity index is 1.56. The first kappa shape index (κ1) is 20.4. The molecule has 7 heteroatoms. The van der Waals surface area contributed by atoms with Gasteiger partial charge < -0.3 is 15.0 Å². The van der Waals surface area contributed by atoms with Crippen LogP contribution in [0.3, 0.4) is 0 Å². The average molecular weight is 416 g/mol. The van der Waals surface area contributed by atoms with Crippen molar-refractivity contribution in [1.82, 2.24) is 24.6 Å². The predicted octanol–water partition coefficient (Wildman–Crippen LogP) is 4.10. The van der Waals surface area contributed by atoms with E-state index in [9.17, 15) is 5.11 Å². The molecule has 0 saturated carbocycles. The molecule has 0 unspecified atom stereocenters. The number of nitrogens with zero attached hydrogens (tertiary/aromatic N) is 4. The third-order valence-corrected chi connectivity index (χ3v) is 5.85. The van der Waals surface area contributed by atoms with Gasteiger partial charge in [-0.3, -0.25) is 4.68 Å². The highest BCUT2D eigenvalue weighted by molar-refractivity contribution is 6.31. The predicted molar refractivity (Wildman–Crippen MR) is 117 cm³/mol. The molecule has 3 heterocycles. The summed E-state index contributed by atoms with van der Waals surface area (Å²) < 4.78 is 4.19. The molecule has 29 heavy (non-hydrogen) atoms. The Kier molecular flexibility index (Phi) is 6.23. The van der Waals surface area contributed by atoms with Gasteiger partial charge in [0, 0.05) is 41.5 Å². The van der Waals surface area contributed by atoms with Gasteiger partial charge in [-0.1, -0.05) is 25.4 Å². The van der Waals surface area contributed by atoms with Crippen LogP contribution in [0.25, 0.3) is 22.2 Å². The standard InChI is InChI=1S/C22H30ClN5O/c1-15(2)12-28-13-16(11-26-28)18-9-17(23)10-20-22(18)27(14-25-20)8-4-5-19-21(29)6-3-7-24-19/h9-11,13-15,19,21,24,29H,3-8,12H2,1-2H3/t19-,21+/m1/s1. The number of aliphatic hydroxyl groups is 1. The monoisotopic (exact) mass is 415 g/mol. The second kappa shape index (κ2) is 8.86. The Morgan fingerprint density at radius 2 is 2.21 bits per heavy atom. The molecule has 1 saturated heterocycles. The largest absolute Gasteiger partial charge is 0.392 e. The molecule has 1 aromatic carbocycles. The van der Waals surface area contributed by atoms with Crippen LogP contribution in [-0.4, -0.2) is 43.1 Å². The molecule has 1 fully saturated rings. The van der Waals surface area contributed by atoms with E-state index in [0.29, 0.717) is 10.9 Å². The first-order valence-electron chi connectivity index (χ1n) is 10.6. The summed E-state index contributed by atoms with van der Waals surface area (Å²) in [6.45, 7) is 7.12. The lowest BCUT2D eigenvalue weighted by Gasteiger charge is -2.29. The Labute approximate surface area is 176 Å². The van der Waals surface area contributed by atoms with Gasteiger partial charge in [0.15, 0.2) is 0 Å². The Morgan fingerprint density at radius 3 is 3.00 bits per heavy atom. The van der Waals surface area contributed by atoms with Gasteiger partial charge in [-0.05, 0) is 50.3 Å². The molecule has 0 radical (unpaired) electrons. The number of nitrogens with one attached hydrogen (secondary N) is 1. The molecule has 4 rings (SSSR count). The van der Waals surface area contributed by atoms with Crippen LogP contribution in [0.2, 0.25) is 5.02 Å². The zero-order chi connectivity index (χ0) is 20.4. The number of aliphatic hydroxyl groups excluding tert-OH is 1. The molecule has 0 bridgehead atoms. The number of aryl methyl sites for hydroxylation is 1. The molecule has 156 valence electrons. The van der Waals surface area contributed by atoms with Gasteiger partial charge in [0.1, 0.15) is 0 Å². The van der Waals surface area contributed by atoms with Crippen molar-refractivity contribution < 1.29 is 5.11 Å². The lowest BCUT2D eigenvalue weighted by atomic mass is 9.97. The quantitative estimate of drug-likeness (QED) is 0.609. The van der Waals surface area contributed by atoms with E-state index in [4.69, 9.17) is 11.6 Å². The van der Waals surface area contributed by atoms with Crippen molar-refractivity contribution in [2.75, 3.05) is 6.54 Å². The van der Waals surface area contributed by atoms with Gasteiger partial charge in [0.2, 0.25) is 0 Å². The fraction of sp³-hybridized carbons (Fsp3) is 0.545. The molecular formula is C22H30ClN5O. The number of imidazole rings is 1. The fourth-order valence-corrected chi connectivity index (χ4v) is 4.47. The van der Waals surface area contributed by atoms with Crippen molar-refractivity contribution in [1.29, 1.82) is 0 Å². The molecule has 0 aliphatic carbocycles. The number of rotatable bonds is 7. The minimum atomic E-state index is -0.232. The maximum Gasteiger partial charge on any atom is 0.0958 e. The molecule has 0 spiro atoms. The van der Waals surface area contributed by atoms with Crippen molar-refractivity contribution in [3.8, 4) is 11.1 Å². The van der Waals surface area contributed by atoms with Gasteiger partial charge in [0.25, 0.3) is 0 Å². The van der Waals surface area contributed by atoms with Crippen LogP contribution in [-0.2, 0) is 13.1 Å². The van der Waals surface area contributed by atoms with E-state index in [1.165, 1.54) is 0 Å². The number of halogens is 1. The van der Waals surface area contributed by atoms with Gasteiger partial charge in [0.05, 0.1) is 29.7 Å². The number of hydrogen-bond donors (Lipinski definition) is 2. The molecule has 2 atom stereocenters. The van der Waals surface area contributed by atoms with Gasteiger partial charge in [-0.25, -0.2) is 4.98 Å². The normalized spacial score (nSPS) is 20.0. The molecule has 1 aliphatic rings. The SMILES string of the molecule is CC(C)Cn1cc(-c2cc(Cl)cc3ncn(CCC[C@H]4NCCC[C@@H]4O)c23)cn1. The van der Waals surface area contributed by atoms with Crippen LogP contribution in [0.4, 0.5) is 0 Å². The van der Waals surface area contributed by atoms with Gasteiger partial charge in [-0.15, -0.1) is 0 Å². The zero-order valence-electron chi connectivity index (χ0n) is 17.2. The minimum absolute atomic E-state index is 0.196. The van der Waals surface area contributed by atoms with Crippen LogP contribution < -0.4 is 5.32 Å².